The molecule has 0 saturated heterocycles. The lowest BCUT2D eigenvalue weighted by molar-refractivity contribution is -0.120. The van der Waals surface area contributed by atoms with Crippen LogP contribution in [0.25, 0.3) is 0 Å². The van der Waals surface area contributed by atoms with E-state index in [0.717, 1.165) is 9.21 Å². The van der Waals surface area contributed by atoms with Gasteiger partial charge in [0.05, 0.1) is 16.9 Å². The van der Waals surface area contributed by atoms with Crippen LogP contribution in [0.2, 0.25) is 4.34 Å². The maximum absolute atomic E-state index is 11.9. The van der Waals surface area contributed by atoms with Gasteiger partial charge < -0.3 is 5.32 Å². The molecule has 3 nitrogen and oxygen atoms in total. The van der Waals surface area contributed by atoms with Gasteiger partial charge >= 0.3 is 0 Å². The molecule has 2 aromatic heterocycles. The molecular weight excluding hydrogens is 324 g/mol. The van der Waals surface area contributed by atoms with Gasteiger partial charge in [0.25, 0.3) is 0 Å². The molecule has 114 valence electrons. The molecule has 0 bridgehead atoms. The number of nitrogens with one attached hydrogen (secondary N) is 2. The first kappa shape index (κ1) is 16.5. The molecule has 0 radical (unpaired) electrons. The molecule has 2 N–H and O–H groups in total. The van der Waals surface area contributed by atoms with E-state index in [1.165, 1.54) is 4.88 Å². The van der Waals surface area contributed by atoms with E-state index in [1.807, 2.05) is 23.6 Å². The van der Waals surface area contributed by atoms with E-state index in [9.17, 15) is 4.79 Å². The Morgan fingerprint density at radius 2 is 2.10 bits per heavy atom. The summed E-state index contributed by atoms with van der Waals surface area (Å²) in [7, 11) is 0. The monoisotopic (exact) mass is 342 g/mol. The fourth-order valence-corrected chi connectivity index (χ4v) is 3.90. The van der Waals surface area contributed by atoms with Gasteiger partial charge in [-0.1, -0.05) is 31.5 Å². The van der Waals surface area contributed by atoms with E-state index in [1.54, 1.807) is 22.7 Å². The van der Waals surface area contributed by atoms with E-state index in [4.69, 9.17) is 11.6 Å². The van der Waals surface area contributed by atoms with Crippen molar-refractivity contribution in [1.29, 1.82) is 0 Å². The fourth-order valence-electron chi connectivity index (χ4n) is 1.86. The van der Waals surface area contributed by atoms with Crippen molar-refractivity contribution < 1.29 is 4.79 Å². The van der Waals surface area contributed by atoms with E-state index in [0.29, 0.717) is 19.0 Å². The molecule has 0 aliphatic rings. The summed E-state index contributed by atoms with van der Waals surface area (Å²) in [5.74, 6) is 0.478. The molecule has 1 amide bonds. The highest BCUT2D eigenvalue weighted by Crippen LogP contribution is 2.32. The average molecular weight is 343 g/mol. The smallest absolute Gasteiger partial charge is 0.233 e. The molecule has 0 spiro atoms. The van der Waals surface area contributed by atoms with Crippen LogP contribution in [0, 0.1) is 5.92 Å². The van der Waals surface area contributed by atoms with Gasteiger partial charge in [0, 0.05) is 16.3 Å². The normalized spacial score (nSPS) is 12.6. The molecule has 2 heterocycles. The van der Waals surface area contributed by atoms with Gasteiger partial charge in [0.1, 0.15) is 0 Å². The highest BCUT2D eigenvalue weighted by Gasteiger charge is 2.18. The summed E-state index contributed by atoms with van der Waals surface area (Å²) < 4.78 is 0.762. The number of hydrogen-bond acceptors (Lipinski definition) is 4. The minimum atomic E-state index is 0.0206. The van der Waals surface area contributed by atoms with Gasteiger partial charge in [-0.3, -0.25) is 10.1 Å². The third kappa shape index (κ3) is 5.11. The largest absolute Gasteiger partial charge is 0.355 e. The Morgan fingerprint density at radius 3 is 2.67 bits per heavy atom. The van der Waals surface area contributed by atoms with E-state index in [-0.39, 0.29) is 11.9 Å². The lowest BCUT2D eigenvalue weighted by Gasteiger charge is -2.16. The highest BCUT2D eigenvalue weighted by atomic mass is 35.5. The Kier molecular flexibility index (Phi) is 6.23. The van der Waals surface area contributed by atoms with Gasteiger partial charge in [-0.2, -0.15) is 0 Å². The van der Waals surface area contributed by atoms with Crippen molar-refractivity contribution >= 4 is 40.2 Å². The summed E-state index contributed by atoms with van der Waals surface area (Å²) in [5, 5.41) is 8.28. The van der Waals surface area contributed by atoms with Crippen LogP contribution in [-0.4, -0.2) is 19.0 Å². The Labute approximate surface area is 138 Å². The Bertz CT molecular complexity index is 566. The second kappa shape index (κ2) is 7.94. The standard InChI is InChI=1S/C15H19ClN2OS2/c1-10(2)8-17-14(19)9-18-15(11-4-3-7-20-11)12-5-6-13(16)21-12/h3-7,10,15,18H,8-9H2,1-2H3,(H,17,19). The zero-order valence-corrected chi connectivity index (χ0v) is 14.4. The van der Waals surface area contributed by atoms with Gasteiger partial charge in [0.2, 0.25) is 5.91 Å². The lowest BCUT2D eigenvalue weighted by atomic mass is 10.2. The van der Waals surface area contributed by atoms with Crippen LogP contribution in [0.5, 0.6) is 0 Å². The van der Waals surface area contributed by atoms with E-state index < -0.39 is 0 Å². The Hall–Kier alpha value is -0.880. The van der Waals surface area contributed by atoms with Crippen LogP contribution < -0.4 is 10.6 Å². The zero-order chi connectivity index (χ0) is 15.2. The third-order valence-electron chi connectivity index (χ3n) is 2.88. The fraction of sp³-hybridized carbons (Fsp3) is 0.400. The predicted molar refractivity (Wildman–Crippen MR) is 91.3 cm³/mol. The molecule has 1 atom stereocenters. The summed E-state index contributed by atoms with van der Waals surface area (Å²) in [5.41, 5.74) is 0. The van der Waals surface area contributed by atoms with Crippen LogP contribution >= 0.6 is 34.3 Å². The van der Waals surface area contributed by atoms with Crippen LogP contribution in [-0.2, 0) is 4.79 Å². The quantitative estimate of drug-likeness (QED) is 0.800. The molecule has 2 aromatic rings. The maximum atomic E-state index is 11.9. The molecular formula is C15H19ClN2OS2. The van der Waals surface area contributed by atoms with E-state index >= 15 is 0 Å². The van der Waals surface area contributed by atoms with Crippen molar-refractivity contribution in [2.75, 3.05) is 13.1 Å². The number of hydrogen-bond donors (Lipinski definition) is 2. The minimum absolute atomic E-state index is 0.0206. The maximum Gasteiger partial charge on any atom is 0.233 e. The number of carbonyl (C=O) groups is 1. The molecule has 0 aliphatic carbocycles. The van der Waals surface area contributed by atoms with Crippen LogP contribution in [0.15, 0.2) is 29.6 Å². The Morgan fingerprint density at radius 1 is 1.29 bits per heavy atom. The third-order valence-corrected chi connectivity index (χ3v) is 5.11. The first-order valence-corrected chi connectivity index (χ1v) is 8.92. The van der Waals surface area contributed by atoms with E-state index in [2.05, 4.69) is 30.5 Å². The van der Waals surface area contributed by atoms with Crippen molar-refractivity contribution in [3.8, 4) is 0 Å². The summed E-state index contributed by atoms with van der Waals surface area (Å²) in [6.45, 7) is 5.16. The number of halogens is 1. The summed E-state index contributed by atoms with van der Waals surface area (Å²) in [4.78, 5) is 14.2. The van der Waals surface area contributed by atoms with Crippen molar-refractivity contribution in [1.82, 2.24) is 10.6 Å². The topological polar surface area (TPSA) is 41.1 Å². The van der Waals surface area contributed by atoms with Crippen molar-refractivity contribution in [2.24, 2.45) is 5.92 Å². The first-order valence-electron chi connectivity index (χ1n) is 6.85. The lowest BCUT2D eigenvalue weighted by Crippen LogP contribution is -2.37. The molecule has 6 heteroatoms. The van der Waals surface area contributed by atoms with Gasteiger partial charge in [0.15, 0.2) is 0 Å². The van der Waals surface area contributed by atoms with Crippen LogP contribution in [0.1, 0.15) is 29.6 Å². The first-order chi connectivity index (χ1) is 10.1. The summed E-state index contributed by atoms with van der Waals surface area (Å²) >= 11 is 9.24. The van der Waals surface area contributed by atoms with Crippen LogP contribution in [0.3, 0.4) is 0 Å². The molecule has 0 aliphatic heterocycles. The zero-order valence-electron chi connectivity index (χ0n) is 12.1. The van der Waals surface area contributed by atoms with Crippen molar-refractivity contribution in [3.05, 3.63) is 43.7 Å². The molecule has 2 rings (SSSR count). The SMILES string of the molecule is CC(C)CNC(=O)CNC(c1cccs1)c1ccc(Cl)s1. The predicted octanol–water partition coefficient (Wildman–Crippen LogP) is 3.91. The molecule has 0 saturated carbocycles. The molecule has 0 aromatic carbocycles. The summed E-state index contributed by atoms with van der Waals surface area (Å²) in [6, 6.07) is 8.01. The Balaban J connectivity index is 1.99. The average Bonchev–Trinajstić information content (AvgIpc) is 3.09. The number of amides is 1. The number of carbonyl (C=O) groups excluding carboxylic acids is 1. The number of rotatable bonds is 7. The van der Waals surface area contributed by atoms with Gasteiger partial charge in [-0.15, -0.1) is 22.7 Å². The second-order valence-electron chi connectivity index (χ2n) is 5.17. The minimum Gasteiger partial charge on any atom is -0.355 e. The van der Waals surface area contributed by atoms with Gasteiger partial charge in [-0.05, 0) is 29.5 Å². The van der Waals surface area contributed by atoms with Crippen LogP contribution in [0.4, 0.5) is 0 Å². The summed E-state index contributed by atoms with van der Waals surface area (Å²) in [6.07, 6.45) is 0. The number of thiophene rings is 2. The highest BCUT2D eigenvalue weighted by molar-refractivity contribution is 7.16. The van der Waals surface area contributed by atoms with Crippen molar-refractivity contribution in [3.63, 3.8) is 0 Å². The second-order valence-corrected chi connectivity index (χ2v) is 7.90. The van der Waals surface area contributed by atoms with Crippen molar-refractivity contribution in [2.45, 2.75) is 19.9 Å². The molecule has 0 fully saturated rings. The molecule has 21 heavy (non-hydrogen) atoms. The molecule has 1 unspecified atom stereocenters. The van der Waals surface area contributed by atoms with Gasteiger partial charge in [-0.25, -0.2) is 0 Å².